The molecule has 0 bridgehead atoms. The first-order valence-corrected chi connectivity index (χ1v) is 8.06. The van der Waals surface area contributed by atoms with Gasteiger partial charge in [-0.25, -0.2) is 0 Å². The van der Waals surface area contributed by atoms with E-state index in [1.54, 1.807) is 11.3 Å². The van der Waals surface area contributed by atoms with E-state index in [0.717, 1.165) is 28.8 Å². The van der Waals surface area contributed by atoms with Gasteiger partial charge < -0.3 is 10.6 Å². The molecule has 2 rings (SSSR count). The zero-order chi connectivity index (χ0) is 13.8. The number of halogens is 1. The number of rotatable bonds is 5. The summed E-state index contributed by atoms with van der Waals surface area (Å²) in [7, 11) is 0. The first-order chi connectivity index (χ1) is 9.11. The van der Waals surface area contributed by atoms with E-state index in [0.29, 0.717) is 4.99 Å². The molecule has 19 heavy (non-hydrogen) atoms. The van der Waals surface area contributed by atoms with Crippen LogP contribution < -0.4 is 10.6 Å². The van der Waals surface area contributed by atoms with Crippen molar-refractivity contribution in [2.75, 3.05) is 11.4 Å². The van der Waals surface area contributed by atoms with Crippen LogP contribution in [0.5, 0.6) is 0 Å². The summed E-state index contributed by atoms with van der Waals surface area (Å²) in [5.41, 5.74) is 7.83. The number of thiocarbonyl (C=S) groups is 1. The lowest BCUT2D eigenvalue weighted by Gasteiger charge is -2.25. The van der Waals surface area contributed by atoms with Crippen molar-refractivity contribution < 1.29 is 0 Å². The largest absolute Gasteiger partial charge is 0.389 e. The van der Waals surface area contributed by atoms with Gasteiger partial charge in [-0.2, -0.15) is 0 Å². The van der Waals surface area contributed by atoms with Gasteiger partial charge in [0.25, 0.3) is 0 Å². The van der Waals surface area contributed by atoms with Crippen LogP contribution in [0.15, 0.2) is 40.2 Å². The van der Waals surface area contributed by atoms with Crippen LogP contribution in [0, 0.1) is 0 Å². The third-order valence-electron chi connectivity index (χ3n) is 2.87. The molecule has 0 aliphatic carbocycles. The summed E-state index contributed by atoms with van der Waals surface area (Å²) < 4.78 is 1.03. The van der Waals surface area contributed by atoms with Crippen LogP contribution in [0.3, 0.4) is 0 Å². The molecule has 1 heterocycles. The third kappa shape index (κ3) is 3.55. The van der Waals surface area contributed by atoms with Crippen molar-refractivity contribution in [2.24, 2.45) is 5.73 Å². The predicted molar refractivity (Wildman–Crippen MR) is 91.1 cm³/mol. The fourth-order valence-electron chi connectivity index (χ4n) is 1.93. The summed E-state index contributed by atoms with van der Waals surface area (Å²) >= 11 is 10.4. The summed E-state index contributed by atoms with van der Waals surface area (Å²) in [5.74, 6) is 0. The molecule has 0 unspecified atom stereocenters. The maximum absolute atomic E-state index is 5.82. The SMILES string of the molecule is CCN(Cc1cccs1)c1cc(Br)ccc1C(N)=S. The van der Waals surface area contributed by atoms with Crippen LogP contribution in [0.2, 0.25) is 0 Å². The monoisotopic (exact) mass is 354 g/mol. The van der Waals surface area contributed by atoms with E-state index >= 15 is 0 Å². The van der Waals surface area contributed by atoms with Crippen molar-refractivity contribution in [3.8, 4) is 0 Å². The van der Waals surface area contributed by atoms with Crippen molar-refractivity contribution >= 4 is 50.2 Å². The summed E-state index contributed by atoms with van der Waals surface area (Å²) in [5, 5.41) is 2.10. The Labute approximate surface area is 131 Å². The molecule has 2 aromatic rings. The highest BCUT2D eigenvalue weighted by atomic mass is 79.9. The fraction of sp³-hybridized carbons (Fsp3) is 0.214. The van der Waals surface area contributed by atoms with Crippen LogP contribution in [0.1, 0.15) is 17.4 Å². The zero-order valence-corrected chi connectivity index (χ0v) is 13.8. The van der Waals surface area contributed by atoms with E-state index in [4.69, 9.17) is 18.0 Å². The van der Waals surface area contributed by atoms with E-state index in [2.05, 4.69) is 51.3 Å². The number of nitrogens with zero attached hydrogens (tertiary/aromatic N) is 1. The first-order valence-electron chi connectivity index (χ1n) is 5.98. The second kappa shape index (κ2) is 6.50. The van der Waals surface area contributed by atoms with Gasteiger partial charge in [0, 0.05) is 27.1 Å². The maximum Gasteiger partial charge on any atom is 0.106 e. The van der Waals surface area contributed by atoms with Gasteiger partial charge in [0.15, 0.2) is 0 Å². The lowest BCUT2D eigenvalue weighted by Crippen LogP contribution is -2.25. The van der Waals surface area contributed by atoms with Gasteiger partial charge in [-0.3, -0.25) is 0 Å². The second-order valence-corrected chi connectivity index (χ2v) is 6.51. The molecule has 0 fully saturated rings. The van der Waals surface area contributed by atoms with Crippen LogP contribution in [-0.4, -0.2) is 11.5 Å². The number of benzene rings is 1. The standard InChI is InChI=1S/C14H15BrN2S2/c1-2-17(9-11-4-3-7-19-11)13-8-10(15)5-6-12(13)14(16)18/h3-8H,2,9H2,1H3,(H2,16,18). The average molecular weight is 355 g/mol. The van der Waals surface area contributed by atoms with Crippen LogP contribution >= 0.6 is 39.5 Å². The van der Waals surface area contributed by atoms with Crippen molar-refractivity contribution in [1.29, 1.82) is 0 Å². The summed E-state index contributed by atoms with van der Waals surface area (Å²) in [6, 6.07) is 10.2. The van der Waals surface area contributed by atoms with Crippen molar-refractivity contribution in [1.82, 2.24) is 0 Å². The Morgan fingerprint density at radius 1 is 1.42 bits per heavy atom. The van der Waals surface area contributed by atoms with Gasteiger partial charge >= 0.3 is 0 Å². The molecule has 0 aliphatic rings. The number of anilines is 1. The normalized spacial score (nSPS) is 10.4. The topological polar surface area (TPSA) is 29.3 Å². The Kier molecular flexibility index (Phi) is 4.96. The molecule has 0 radical (unpaired) electrons. The maximum atomic E-state index is 5.82. The molecule has 5 heteroatoms. The van der Waals surface area contributed by atoms with Crippen molar-refractivity contribution in [3.05, 3.63) is 50.6 Å². The third-order valence-corrected chi connectivity index (χ3v) is 4.45. The molecule has 0 saturated carbocycles. The summed E-state index contributed by atoms with van der Waals surface area (Å²) in [6.45, 7) is 3.92. The zero-order valence-electron chi connectivity index (χ0n) is 10.6. The van der Waals surface area contributed by atoms with Gasteiger partial charge in [0.1, 0.15) is 4.99 Å². The Balaban J connectivity index is 2.36. The number of hydrogen-bond donors (Lipinski definition) is 1. The number of hydrogen-bond acceptors (Lipinski definition) is 3. The molecule has 0 aliphatic heterocycles. The molecule has 100 valence electrons. The molecular formula is C14H15BrN2S2. The Morgan fingerprint density at radius 3 is 2.79 bits per heavy atom. The average Bonchev–Trinajstić information content (AvgIpc) is 2.88. The molecule has 1 aromatic heterocycles. The molecule has 2 nitrogen and oxygen atoms in total. The molecular weight excluding hydrogens is 340 g/mol. The predicted octanol–water partition coefficient (Wildman–Crippen LogP) is 4.17. The highest BCUT2D eigenvalue weighted by molar-refractivity contribution is 9.10. The smallest absolute Gasteiger partial charge is 0.106 e. The number of nitrogens with two attached hydrogens (primary N) is 1. The molecule has 0 saturated heterocycles. The lowest BCUT2D eigenvalue weighted by molar-refractivity contribution is 0.841. The molecule has 2 N–H and O–H groups in total. The minimum atomic E-state index is 0.437. The molecule has 0 atom stereocenters. The van der Waals surface area contributed by atoms with E-state index in [-0.39, 0.29) is 0 Å². The first kappa shape index (κ1) is 14.5. The van der Waals surface area contributed by atoms with Gasteiger partial charge in [0.2, 0.25) is 0 Å². The highest BCUT2D eigenvalue weighted by Gasteiger charge is 2.13. The van der Waals surface area contributed by atoms with Crippen LogP contribution in [-0.2, 0) is 6.54 Å². The molecule has 0 amide bonds. The van der Waals surface area contributed by atoms with Gasteiger partial charge in [0.05, 0.1) is 6.54 Å². The van der Waals surface area contributed by atoms with Gasteiger partial charge in [-0.05, 0) is 36.6 Å². The lowest BCUT2D eigenvalue weighted by atomic mass is 10.1. The van der Waals surface area contributed by atoms with Crippen molar-refractivity contribution in [3.63, 3.8) is 0 Å². The fourth-order valence-corrected chi connectivity index (χ4v) is 3.17. The van der Waals surface area contributed by atoms with E-state index < -0.39 is 0 Å². The minimum absolute atomic E-state index is 0.437. The molecule has 0 spiro atoms. The van der Waals surface area contributed by atoms with E-state index in [1.165, 1.54) is 4.88 Å². The summed E-state index contributed by atoms with van der Waals surface area (Å²) in [6.07, 6.45) is 0. The second-order valence-electron chi connectivity index (χ2n) is 4.12. The minimum Gasteiger partial charge on any atom is -0.389 e. The Bertz CT molecular complexity index is 567. The molecule has 1 aromatic carbocycles. The summed E-state index contributed by atoms with van der Waals surface area (Å²) in [4.78, 5) is 4.05. The Morgan fingerprint density at radius 2 is 2.21 bits per heavy atom. The van der Waals surface area contributed by atoms with Gasteiger partial charge in [-0.1, -0.05) is 34.2 Å². The van der Waals surface area contributed by atoms with Gasteiger partial charge in [-0.15, -0.1) is 11.3 Å². The Hall–Kier alpha value is -0.910. The van der Waals surface area contributed by atoms with E-state index in [9.17, 15) is 0 Å². The highest BCUT2D eigenvalue weighted by Crippen LogP contribution is 2.27. The number of thiophene rings is 1. The quantitative estimate of drug-likeness (QED) is 0.817. The van der Waals surface area contributed by atoms with E-state index in [1.807, 2.05) is 12.1 Å². The van der Waals surface area contributed by atoms with Crippen molar-refractivity contribution in [2.45, 2.75) is 13.5 Å². The van der Waals surface area contributed by atoms with Crippen LogP contribution in [0.4, 0.5) is 5.69 Å². The van der Waals surface area contributed by atoms with Crippen LogP contribution in [0.25, 0.3) is 0 Å².